The summed E-state index contributed by atoms with van der Waals surface area (Å²) in [6.45, 7) is 1.98. The number of aromatic nitrogens is 2. The zero-order valence-electron chi connectivity index (χ0n) is 6.05. The molecule has 1 aromatic heterocycles. The molecule has 0 fully saturated rings. The lowest BCUT2D eigenvalue weighted by molar-refractivity contribution is 0.752. The highest BCUT2D eigenvalue weighted by Gasteiger charge is 2.04. The first-order valence-corrected chi connectivity index (χ1v) is 3.13. The average molecular weight is 134 g/mol. The normalized spacial score (nSPS) is 9.30. The Morgan fingerprint density at radius 3 is 2.90 bits per heavy atom. The van der Waals surface area contributed by atoms with Gasteiger partial charge in [-0.25, -0.2) is 0 Å². The van der Waals surface area contributed by atoms with Gasteiger partial charge in [0.25, 0.3) is 0 Å². The van der Waals surface area contributed by atoms with Gasteiger partial charge in [-0.2, -0.15) is 10.4 Å². The van der Waals surface area contributed by atoms with Crippen LogP contribution in [0.25, 0.3) is 0 Å². The first-order valence-electron chi connectivity index (χ1n) is 3.13. The highest BCUT2D eigenvalue weighted by Crippen LogP contribution is 2.04. The van der Waals surface area contributed by atoms with E-state index in [0.29, 0.717) is 5.69 Å². The van der Waals surface area contributed by atoms with Crippen molar-refractivity contribution in [3.63, 3.8) is 0 Å². The van der Waals surface area contributed by atoms with E-state index >= 15 is 0 Å². The fraction of sp³-hybridized carbons (Fsp3) is 0.429. The van der Waals surface area contributed by atoms with Gasteiger partial charge in [-0.05, 0) is 6.42 Å². The molecule has 0 N–H and O–H groups in total. The van der Waals surface area contributed by atoms with Crippen molar-refractivity contribution in [1.82, 2.24) is 9.78 Å². The molecule has 1 radical (unpaired) electrons. The monoisotopic (exact) mass is 134 g/mol. The molecule has 51 valence electrons. The summed E-state index contributed by atoms with van der Waals surface area (Å²) in [6, 6.07) is 2.06. The van der Waals surface area contributed by atoms with Crippen molar-refractivity contribution in [3.8, 4) is 6.07 Å². The maximum absolute atomic E-state index is 8.59. The molecular formula is C7H8N3. The summed E-state index contributed by atoms with van der Waals surface area (Å²) >= 11 is 0. The van der Waals surface area contributed by atoms with Crippen LogP contribution in [0.4, 0.5) is 0 Å². The van der Waals surface area contributed by atoms with E-state index in [-0.39, 0.29) is 0 Å². The zero-order chi connectivity index (χ0) is 7.56. The molecule has 1 aromatic rings. The van der Waals surface area contributed by atoms with Crippen LogP contribution in [0.3, 0.4) is 0 Å². The maximum Gasteiger partial charge on any atom is 0.142 e. The molecular weight excluding hydrogens is 126 g/mol. The minimum Gasteiger partial charge on any atom is -0.257 e. The molecule has 1 heterocycles. The molecule has 0 atom stereocenters. The van der Waals surface area contributed by atoms with E-state index in [2.05, 4.69) is 17.4 Å². The second-order valence-electron chi connectivity index (χ2n) is 2.03. The minimum atomic E-state index is 0.613. The van der Waals surface area contributed by atoms with E-state index in [1.54, 1.807) is 11.7 Å². The van der Waals surface area contributed by atoms with Gasteiger partial charge in [0.2, 0.25) is 0 Å². The first kappa shape index (κ1) is 6.81. The standard InChI is InChI=1S/C7H8N3/c1-3-6-5-9-10(2)7(6)4-8/h3H2,1-2H3. The lowest BCUT2D eigenvalue weighted by Crippen LogP contribution is -1.94. The Balaban J connectivity index is 3.17. The third-order valence-corrected chi connectivity index (χ3v) is 1.40. The van der Waals surface area contributed by atoms with Crippen molar-refractivity contribution in [1.29, 1.82) is 5.26 Å². The molecule has 3 nitrogen and oxygen atoms in total. The average Bonchev–Trinajstić information content (AvgIpc) is 2.30. The number of aryl methyl sites for hydroxylation is 2. The molecule has 0 aliphatic heterocycles. The quantitative estimate of drug-likeness (QED) is 0.566. The van der Waals surface area contributed by atoms with Crippen LogP contribution < -0.4 is 0 Å². The van der Waals surface area contributed by atoms with Gasteiger partial charge in [-0.1, -0.05) is 6.92 Å². The van der Waals surface area contributed by atoms with Crippen molar-refractivity contribution in [2.45, 2.75) is 13.3 Å². The highest BCUT2D eigenvalue weighted by atomic mass is 15.3. The molecule has 0 unspecified atom stereocenters. The smallest absolute Gasteiger partial charge is 0.142 e. The Morgan fingerprint density at radius 2 is 2.50 bits per heavy atom. The molecule has 3 heteroatoms. The van der Waals surface area contributed by atoms with Crippen LogP contribution in [0.5, 0.6) is 0 Å². The summed E-state index contributed by atoms with van der Waals surface area (Å²) in [4.78, 5) is 0. The predicted octanol–water partition coefficient (Wildman–Crippen LogP) is 0.654. The maximum atomic E-state index is 8.59. The van der Waals surface area contributed by atoms with Crippen LogP contribution in [0.2, 0.25) is 0 Å². The Labute approximate surface area is 59.9 Å². The minimum absolute atomic E-state index is 0.613. The lowest BCUT2D eigenvalue weighted by atomic mass is 10.2. The number of rotatable bonds is 1. The van der Waals surface area contributed by atoms with E-state index in [1.807, 2.05) is 6.92 Å². The van der Waals surface area contributed by atoms with E-state index in [9.17, 15) is 0 Å². The van der Waals surface area contributed by atoms with E-state index in [0.717, 1.165) is 12.0 Å². The Hall–Kier alpha value is -1.30. The van der Waals surface area contributed by atoms with Crippen molar-refractivity contribution in [3.05, 3.63) is 17.5 Å². The molecule has 1 rings (SSSR count). The summed E-state index contributed by atoms with van der Waals surface area (Å²) in [5, 5.41) is 12.4. The predicted molar refractivity (Wildman–Crippen MR) is 36.1 cm³/mol. The van der Waals surface area contributed by atoms with Crippen LogP contribution in [-0.4, -0.2) is 9.78 Å². The zero-order valence-corrected chi connectivity index (χ0v) is 6.05. The van der Waals surface area contributed by atoms with Crippen LogP contribution in [0.15, 0.2) is 0 Å². The lowest BCUT2D eigenvalue weighted by Gasteiger charge is -1.90. The van der Waals surface area contributed by atoms with Crippen molar-refractivity contribution in [2.24, 2.45) is 7.05 Å². The van der Waals surface area contributed by atoms with Crippen molar-refractivity contribution >= 4 is 0 Å². The van der Waals surface area contributed by atoms with Crippen LogP contribution in [-0.2, 0) is 13.5 Å². The topological polar surface area (TPSA) is 41.6 Å². The summed E-state index contributed by atoms with van der Waals surface area (Å²) < 4.78 is 1.54. The number of hydrogen-bond acceptors (Lipinski definition) is 2. The first-order chi connectivity index (χ1) is 4.79. The second kappa shape index (κ2) is 2.53. The van der Waals surface area contributed by atoms with E-state index in [1.165, 1.54) is 0 Å². The summed E-state index contributed by atoms with van der Waals surface area (Å²) in [5.74, 6) is 0. The molecule has 0 amide bonds. The van der Waals surface area contributed by atoms with Gasteiger partial charge >= 0.3 is 0 Å². The van der Waals surface area contributed by atoms with Crippen molar-refractivity contribution in [2.75, 3.05) is 0 Å². The van der Waals surface area contributed by atoms with Gasteiger partial charge in [-0.3, -0.25) is 4.68 Å². The van der Waals surface area contributed by atoms with E-state index < -0.39 is 0 Å². The van der Waals surface area contributed by atoms with Crippen LogP contribution in [0.1, 0.15) is 18.2 Å². The molecule has 0 saturated heterocycles. The summed E-state index contributed by atoms with van der Waals surface area (Å²) in [5.41, 5.74) is 1.51. The summed E-state index contributed by atoms with van der Waals surface area (Å²) in [6.07, 6.45) is 3.58. The number of hydrogen-bond donors (Lipinski definition) is 0. The fourth-order valence-electron chi connectivity index (χ4n) is 0.820. The van der Waals surface area contributed by atoms with Crippen LogP contribution >= 0.6 is 0 Å². The Kier molecular flexibility index (Phi) is 1.72. The number of nitriles is 1. The van der Waals surface area contributed by atoms with E-state index in [4.69, 9.17) is 5.26 Å². The van der Waals surface area contributed by atoms with Gasteiger partial charge < -0.3 is 0 Å². The van der Waals surface area contributed by atoms with Gasteiger partial charge in [0, 0.05) is 12.6 Å². The highest BCUT2D eigenvalue weighted by molar-refractivity contribution is 5.28. The van der Waals surface area contributed by atoms with Gasteiger partial charge in [0.1, 0.15) is 18.0 Å². The Morgan fingerprint density at radius 1 is 1.80 bits per heavy atom. The molecule has 0 aromatic carbocycles. The van der Waals surface area contributed by atoms with Gasteiger partial charge in [0.15, 0.2) is 0 Å². The third-order valence-electron chi connectivity index (χ3n) is 1.40. The molecule has 0 saturated carbocycles. The fourth-order valence-corrected chi connectivity index (χ4v) is 0.820. The largest absolute Gasteiger partial charge is 0.257 e. The second-order valence-corrected chi connectivity index (χ2v) is 2.03. The molecule has 0 aliphatic rings. The third kappa shape index (κ3) is 0.883. The molecule has 0 aliphatic carbocycles. The van der Waals surface area contributed by atoms with Crippen molar-refractivity contribution < 1.29 is 0 Å². The number of nitrogens with zero attached hydrogens (tertiary/aromatic N) is 3. The van der Waals surface area contributed by atoms with Gasteiger partial charge in [0.05, 0.1) is 0 Å². The molecule has 10 heavy (non-hydrogen) atoms. The van der Waals surface area contributed by atoms with Gasteiger partial charge in [-0.15, -0.1) is 0 Å². The molecule has 0 bridgehead atoms. The Bertz CT molecular complexity index is 267. The SMILES string of the molecule is CCc1[c]nn(C)c1C#N. The van der Waals surface area contributed by atoms with Crippen LogP contribution in [0, 0.1) is 17.5 Å². The summed E-state index contributed by atoms with van der Waals surface area (Å²) in [7, 11) is 1.74. The molecule has 0 spiro atoms.